The summed E-state index contributed by atoms with van der Waals surface area (Å²) < 4.78 is 19.7. The Kier molecular flexibility index (Phi) is 8.89. The standard InChI is InChI=1S/C20H25FN6O3.C2H6/c1-12-7-14(18(22)29)15(21)8-16(12)24-20-23-9-17(26(2)3)19(25-20)27(11-28)13-5-4-6-30-10-13;1-2/h7-9,11,13H,4-6,10H2,1-3H3,(H2,22,29)(H,23,24,25);1-2H3. The van der Waals surface area contributed by atoms with Crippen molar-refractivity contribution in [1.82, 2.24) is 9.97 Å². The number of benzene rings is 1. The molecule has 1 unspecified atom stereocenters. The van der Waals surface area contributed by atoms with Crippen molar-refractivity contribution in [3.63, 3.8) is 0 Å². The number of nitrogens with two attached hydrogens (primary N) is 1. The molecule has 10 heteroatoms. The Hall–Kier alpha value is -3.27. The zero-order valence-corrected chi connectivity index (χ0v) is 19.2. The van der Waals surface area contributed by atoms with Gasteiger partial charge in [0.15, 0.2) is 5.82 Å². The largest absolute Gasteiger partial charge is 0.379 e. The van der Waals surface area contributed by atoms with Gasteiger partial charge in [0.05, 0.1) is 30.1 Å². The molecule has 2 amide bonds. The number of hydrogen-bond acceptors (Lipinski definition) is 7. The number of amides is 2. The fourth-order valence-corrected chi connectivity index (χ4v) is 3.31. The lowest BCUT2D eigenvalue weighted by Crippen LogP contribution is -2.41. The number of carbonyl (C=O) groups excluding carboxylic acids is 2. The van der Waals surface area contributed by atoms with Gasteiger partial charge in [-0.1, -0.05) is 13.8 Å². The smallest absolute Gasteiger partial charge is 0.251 e. The molecule has 1 aliphatic rings. The Labute approximate surface area is 187 Å². The van der Waals surface area contributed by atoms with E-state index in [4.69, 9.17) is 10.5 Å². The van der Waals surface area contributed by atoms with Crippen molar-refractivity contribution in [3.05, 3.63) is 35.3 Å². The van der Waals surface area contributed by atoms with Gasteiger partial charge in [0.2, 0.25) is 12.4 Å². The molecular weight excluding hydrogens is 415 g/mol. The van der Waals surface area contributed by atoms with Gasteiger partial charge in [0.1, 0.15) is 5.82 Å². The van der Waals surface area contributed by atoms with E-state index in [2.05, 4.69) is 15.3 Å². The molecule has 0 saturated carbocycles. The minimum absolute atomic E-state index is 0.133. The lowest BCUT2D eigenvalue weighted by Gasteiger charge is -2.32. The average Bonchev–Trinajstić information content (AvgIpc) is 2.78. The Balaban J connectivity index is 0.00000176. The van der Waals surface area contributed by atoms with Crippen LogP contribution in [0.3, 0.4) is 0 Å². The molecule has 3 rings (SSSR count). The summed E-state index contributed by atoms with van der Waals surface area (Å²) in [4.78, 5) is 35.4. The van der Waals surface area contributed by atoms with Gasteiger partial charge in [0, 0.05) is 26.4 Å². The number of aryl methyl sites for hydroxylation is 1. The first-order valence-corrected chi connectivity index (χ1v) is 10.5. The van der Waals surface area contributed by atoms with Gasteiger partial charge in [-0.15, -0.1) is 0 Å². The second-order valence-corrected chi connectivity index (χ2v) is 7.32. The van der Waals surface area contributed by atoms with Crippen LogP contribution in [0.5, 0.6) is 0 Å². The highest BCUT2D eigenvalue weighted by Gasteiger charge is 2.26. The van der Waals surface area contributed by atoms with Crippen LogP contribution in [-0.2, 0) is 9.53 Å². The van der Waals surface area contributed by atoms with Crippen LogP contribution in [0.25, 0.3) is 0 Å². The summed E-state index contributed by atoms with van der Waals surface area (Å²) in [5, 5.41) is 2.96. The fraction of sp³-hybridized carbons (Fsp3) is 0.455. The summed E-state index contributed by atoms with van der Waals surface area (Å²) in [5.74, 6) is -0.967. The quantitative estimate of drug-likeness (QED) is 0.629. The van der Waals surface area contributed by atoms with Gasteiger partial charge in [-0.25, -0.2) is 9.37 Å². The van der Waals surface area contributed by atoms with E-state index in [-0.39, 0.29) is 17.6 Å². The van der Waals surface area contributed by atoms with Gasteiger partial charge in [-0.3, -0.25) is 14.5 Å². The fourth-order valence-electron chi connectivity index (χ4n) is 3.31. The van der Waals surface area contributed by atoms with Gasteiger partial charge < -0.3 is 20.7 Å². The van der Waals surface area contributed by atoms with Crippen molar-refractivity contribution in [2.45, 2.75) is 39.7 Å². The van der Waals surface area contributed by atoms with Crippen molar-refractivity contribution < 1.29 is 18.7 Å². The molecule has 0 aliphatic carbocycles. The van der Waals surface area contributed by atoms with Gasteiger partial charge in [-0.05, 0) is 37.5 Å². The number of aromatic nitrogens is 2. The zero-order valence-electron chi connectivity index (χ0n) is 19.2. The third-order valence-electron chi connectivity index (χ3n) is 4.95. The Morgan fingerprint density at radius 1 is 1.34 bits per heavy atom. The third kappa shape index (κ3) is 5.70. The number of carbonyl (C=O) groups is 2. The van der Waals surface area contributed by atoms with Crippen LogP contribution >= 0.6 is 0 Å². The molecule has 1 atom stereocenters. The summed E-state index contributed by atoms with van der Waals surface area (Å²) in [6.45, 7) is 6.81. The van der Waals surface area contributed by atoms with E-state index in [1.54, 1.807) is 18.0 Å². The predicted molar refractivity (Wildman–Crippen MR) is 123 cm³/mol. The minimum Gasteiger partial charge on any atom is -0.379 e. The van der Waals surface area contributed by atoms with Gasteiger partial charge in [-0.2, -0.15) is 4.98 Å². The van der Waals surface area contributed by atoms with E-state index in [1.807, 2.05) is 32.8 Å². The van der Waals surface area contributed by atoms with E-state index in [0.717, 1.165) is 19.3 Å². The monoisotopic (exact) mass is 446 g/mol. The SMILES string of the molecule is CC.Cc1cc(C(N)=O)c(F)cc1Nc1ncc(N(C)C)c(N(C=O)C2CCCOC2)n1. The molecule has 1 fully saturated rings. The van der Waals surface area contributed by atoms with E-state index in [9.17, 15) is 14.0 Å². The average molecular weight is 447 g/mol. The molecule has 3 N–H and O–H groups in total. The predicted octanol–water partition coefficient (Wildman–Crippen LogP) is 3.00. The first-order chi connectivity index (χ1) is 15.3. The molecule has 0 bridgehead atoms. The topological polar surface area (TPSA) is 114 Å². The van der Waals surface area contributed by atoms with Crippen molar-refractivity contribution >= 4 is 35.5 Å². The Bertz CT molecular complexity index is 948. The van der Waals surface area contributed by atoms with E-state index >= 15 is 0 Å². The van der Waals surface area contributed by atoms with Crippen molar-refractivity contribution in [1.29, 1.82) is 0 Å². The maximum Gasteiger partial charge on any atom is 0.251 e. The van der Waals surface area contributed by atoms with Crippen LogP contribution in [0, 0.1) is 12.7 Å². The molecule has 0 radical (unpaired) electrons. The van der Waals surface area contributed by atoms with E-state index in [0.29, 0.717) is 36.0 Å². The van der Waals surface area contributed by atoms with Crippen LogP contribution in [-0.4, -0.2) is 55.6 Å². The highest BCUT2D eigenvalue weighted by Crippen LogP contribution is 2.30. The normalized spacial score (nSPS) is 15.2. The minimum atomic E-state index is -0.840. The first-order valence-electron chi connectivity index (χ1n) is 10.5. The third-order valence-corrected chi connectivity index (χ3v) is 4.95. The van der Waals surface area contributed by atoms with Crippen LogP contribution in [0.1, 0.15) is 42.6 Å². The molecule has 174 valence electrons. The van der Waals surface area contributed by atoms with Crippen LogP contribution in [0.4, 0.5) is 27.5 Å². The highest BCUT2D eigenvalue weighted by molar-refractivity contribution is 5.94. The summed E-state index contributed by atoms with van der Waals surface area (Å²) in [5.41, 5.74) is 6.65. The lowest BCUT2D eigenvalue weighted by atomic mass is 10.1. The second-order valence-electron chi connectivity index (χ2n) is 7.32. The number of primary amides is 1. The molecule has 1 saturated heterocycles. The van der Waals surface area contributed by atoms with Crippen molar-refractivity contribution in [2.75, 3.05) is 42.4 Å². The molecular formula is C22H31FN6O3. The Morgan fingerprint density at radius 2 is 2.06 bits per heavy atom. The molecule has 9 nitrogen and oxygen atoms in total. The first kappa shape index (κ1) is 25.0. The summed E-state index contributed by atoms with van der Waals surface area (Å²) in [6.07, 6.45) is 3.99. The second kappa shape index (κ2) is 11.4. The van der Waals surface area contributed by atoms with Crippen LogP contribution in [0.15, 0.2) is 18.3 Å². The highest BCUT2D eigenvalue weighted by atomic mass is 19.1. The number of nitrogens with one attached hydrogen (secondary N) is 1. The number of nitrogens with zero attached hydrogens (tertiary/aromatic N) is 4. The number of hydrogen-bond donors (Lipinski definition) is 2. The zero-order chi connectivity index (χ0) is 23.8. The summed E-state index contributed by atoms with van der Waals surface area (Å²) >= 11 is 0. The van der Waals surface area contributed by atoms with Gasteiger partial charge in [0.25, 0.3) is 5.91 Å². The van der Waals surface area contributed by atoms with Crippen molar-refractivity contribution in [2.24, 2.45) is 5.73 Å². The van der Waals surface area contributed by atoms with Crippen LogP contribution in [0.2, 0.25) is 0 Å². The maximum atomic E-state index is 14.2. The maximum absolute atomic E-state index is 14.2. The number of halogens is 1. The Morgan fingerprint density at radius 3 is 2.62 bits per heavy atom. The molecule has 1 aliphatic heterocycles. The van der Waals surface area contributed by atoms with E-state index in [1.165, 1.54) is 12.1 Å². The van der Waals surface area contributed by atoms with E-state index < -0.39 is 11.7 Å². The number of rotatable bonds is 7. The molecule has 0 spiro atoms. The van der Waals surface area contributed by atoms with Crippen LogP contribution < -0.4 is 20.9 Å². The molecule has 2 heterocycles. The van der Waals surface area contributed by atoms with Crippen molar-refractivity contribution in [3.8, 4) is 0 Å². The molecule has 1 aromatic carbocycles. The number of anilines is 4. The number of ether oxygens (including phenoxy) is 1. The summed E-state index contributed by atoms with van der Waals surface area (Å²) in [7, 11) is 3.66. The molecule has 32 heavy (non-hydrogen) atoms. The molecule has 1 aromatic heterocycles. The lowest BCUT2D eigenvalue weighted by molar-refractivity contribution is -0.108. The summed E-state index contributed by atoms with van der Waals surface area (Å²) in [6, 6.07) is 2.41. The van der Waals surface area contributed by atoms with Gasteiger partial charge >= 0.3 is 0 Å². The molecule has 2 aromatic rings.